The zero-order chi connectivity index (χ0) is 10.8. The van der Waals surface area contributed by atoms with Crippen molar-refractivity contribution in [2.24, 2.45) is 0 Å². The molecular weight excluding hydrogens is 193 g/mol. The van der Waals surface area contributed by atoms with Crippen LogP contribution in [-0.4, -0.2) is 17.7 Å². The number of nitrogens with one attached hydrogen (secondary N) is 1. The van der Waals surface area contributed by atoms with Gasteiger partial charge >= 0.3 is 0 Å². The summed E-state index contributed by atoms with van der Waals surface area (Å²) in [5, 5.41) is 13.3. The van der Waals surface area contributed by atoms with Crippen LogP contribution in [0.1, 0.15) is 30.1 Å². The van der Waals surface area contributed by atoms with Gasteiger partial charge in [0.2, 0.25) is 0 Å². The van der Waals surface area contributed by atoms with Crippen LogP contribution in [0, 0.1) is 12.7 Å². The summed E-state index contributed by atoms with van der Waals surface area (Å²) in [5.74, 6) is -0.276. The van der Waals surface area contributed by atoms with E-state index in [-0.39, 0.29) is 11.9 Å². The van der Waals surface area contributed by atoms with Crippen molar-refractivity contribution in [1.29, 1.82) is 0 Å². The Bertz CT molecular complexity index is 327. The Hall–Kier alpha value is -0.930. The highest BCUT2D eigenvalue weighted by molar-refractivity contribution is 5.26. The maximum Gasteiger partial charge on any atom is 0.123 e. The van der Waals surface area contributed by atoms with Crippen LogP contribution in [0.25, 0.3) is 0 Å². The van der Waals surface area contributed by atoms with Gasteiger partial charge in [0.25, 0.3) is 0 Å². The Kier molecular flexibility index (Phi) is 3.03. The van der Waals surface area contributed by atoms with Crippen LogP contribution in [-0.2, 0) is 0 Å². The molecule has 1 heterocycles. The summed E-state index contributed by atoms with van der Waals surface area (Å²) in [6.07, 6.45) is 1.44. The molecule has 0 spiro atoms. The molecule has 1 aliphatic rings. The van der Waals surface area contributed by atoms with Gasteiger partial charge in [0.05, 0.1) is 6.10 Å². The number of hydrogen-bond acceptors (Lipinski definition) is 2. The Morgan fingerprint density at radius 1 is 1.47 bits per heavy atom. The first-order valence-electron chi connectivity index (χ1n) is 5.35. The molecule has 0 radical (unpaired) electrons. The van der Waals surface area contributed by atoms with Gasteiger partial charge in [-0.15, -0.1) is 0 Å². The Morgan fingerprint density at radius 3 is 2.87 bits per heavy atom. The van der Waals surface area contributed by atoms with E-state index >= 15 is 0 Å². The fraction of sp³-hybridized carbons (Fsp3) is 0.500. The number of benzene rings is 1. The topological polar surface area (TPSA) is 32.3 Å². The van der Waals surface area contributed by atoms with Crippen LogP contribution < -0.4 is 5.32 Å². The highest BCUT2D eigenvalue weighted by Crippen LogP contribution is 2.24. The van der Waals surface area contributed by atoms with E-state index < -0.39 is 6.10 Å². The highest BCUT2D eigenvalue weighted by atomic mass is 19.1. The molecule has 3 heteroatoms. The number of halogens is 1. The van der Waals surface area contributed by atoms with Gasteiger partial charge in [-0.25, -0.2) is 4.39 Å². The maximum atomic E-state index is 13.1. The SMILES string of the molecule is Cc1cc(F)cc(C(O)C2CCCN2)c1. The summed E-state index contributed by atoms with van der Waals surface area (Å²) in [4.78, 5) is 0. The van der Waals surface area contributed by atoms with Crippen molar-refractivity contribution < 1.29 is 9.50 Å². The van der Waals surface area contributed by atoms with Gasteiger partial charge in [-0.2, -0.15) is 0 Å². The minimum Gasteiger partial charge on any atom is -0.387 e. The molecule has 0 amide bonds. The van der Waals surface area contributed by atoms with Gasteiger partial charge in [0, 0.05) is 6.04 Å². The summed E-state index contributed by atoms with van der Waals surface area (Å²) < 4.78 is 13.1. The molecule has 1 saturated heterocycles. The monoisotopic (exact) mass is 209 g/mol. The molecule has 2 atom stereocenters. The van der Waals surface area contributed by atoms with Gasteiger partial charge in [-0.05, 0) is 49.6 Å². The molecule has 1 aromatic carbocycles. The fourth-order valence-corrected chi connectivity index (χ4v) is 2.15. The molecule has 2 nitrogen and oxygen atoms in total. The minimum atomic E-state index is -0.595. The quantitative estimate of drug-likeness (QED) is 0.780. The number of aliphatic hydroxyl groups is 1. The Labute approximate surface area is 89.1 Å². The lowest BCUT2D eigenvalue weighted by Crippen LogP contribution is -2.28. The number of aliphatic hydroxyl groups excluding tert-OH is 1. The molecule has 0 bridgehead atoms. The molecule has 82 valence electrons. The van der Waals surface area contributed by atoms with Crippen molar-refractivity contribution in [2.75, 3.05) is 6.54 Å². The average Bonchev–Trinajstić information content (AvgIpc) is 2.67. The normalized spacial score (nSPS) is 23.0. The smallest absolute Gasteiger partial charge is 0.123 e. The van der Waals surface area contributed by atoms with E-state index in [1.165, 1.54) is 12.1 Å². The molecule has 0 aromatic heterocycles. The summed E-state index contributed by atoms with van der Waals surface area (Å²) in [5.41, 5.74) is 1.52. The average molecular weight is 209 g/mol. The second-order valence-electron chi connectivity index (χ2n) is 4.21. The van der Waals surface area contributed by atoms with Crippen LogP contribution in [0.4, 0.5) is 4.39 Å². The lowest BCUT2D eigenvalue weighted by Gasteiger charge is -2.19. The van der Waals surface area contributed by atoms with E-state index in [9.17, 15) is 9.50 Å². The van der Waals surface area contributed by atoms with E-state index in [1.807, 2.05) is 13.0 Å². The van der Waals surface area contributed by atoms with Gasteiger partial charge in [-0.1, -0.05) is 6.07 Å². The van der Waals surface area contributed by atoms with Gasteiger partial charge in [0.1, 0.15) is 5.82 Å². The maximum absolute atomic E-state index is 13.1. The minimum absolute atomic E-state index is 0.0752. The molecular formula is C12H16FNO. The van der Waals surface area contributed by atoms with E-state index in [0.717, 1.165) is 24.9 Å². The number of hydrogen-bond donors (Lipinski definition) is 2. The first kappa shape index (κ1) is 10.6. The van der Waals surface area contributed by atoms with Crippen molar-refractivity contribution in [3.63, 3.8) is 0 Å². The molecule has 15 heavy (non-hydrogen) atoms. The summed E-state index contributed by atoms with van der Waals surface area (Å²) in [7, 11) is 0. The lowest BCUT2D eigenvalue weighted by molar-refractivity contribution is 0.137. The fourth-order valence-electron chi connectivity index (χ4n) is 2.15. The van der Waals surface area contributed by atoms with Crippen LogP contribution in [0.5, 0.6) is 0 Å². The van der Waals surface area contributed by atoms with E-state index in [2.05, 4.69) is 5.32 Å². The van der Waals surface area contributed by atoms with Crippen molar-refractivity contribution in [3.8, 4) is 0 Å². The van der Waals surface area contributed by atoms with E-state index in [0.29, 0.717) is 5.56 Å². The van der Waals surface area contributed by atoms with Crippen LogP contribution in [0.3, 0.4) is 0 Å². The van der Waals surface area contributed by atoms with E-state index in [1.54, 1.807) is 0 Å². The molecule has 1 aliphatic heterocycles. The van der Waals surface area contributed by atoms with Crippen LogP contribution in [0.15, 0.2) is 18.2 Å². The molecule has 2 N–H and O–H groups in total. The van der Waals surface area contributed by atoms with Crippen molar-refractivity contribution >= 4 is 0 Å². The standard InChI is InChI=1S/C12H16FNO/c1-8-5-9(7-10(13)6-8)12(15)11-3-2-4-14-11/h5-7,11-12,14-15H,2-4H2,1H3. The Balaban J connectivity index is 2.20. The second kappa shape index (κ2) is 4.29. The van der Waals surface area contributed by atoms with Gasteiger partial charge in [-0.3, -0.25) is 0 Å². The summed E-state index contributed by atoms with van der Waals surface area (Å²) >= 11 is 0. The molecule has 2 unspecified atom stereocenters. The highest BCUT2D eigenvalue weighted by Gasteiger charge is 2.24. The third-order valence-corrected chi connectivity index (χ3v) is 2.89. The van der Waals surface area contributed by atoms with Crippen LogP contribution in [0.2, 0.25) is 0 Å². The second-order valence-corrected chi connectivity index (χ2v) is 4.21. The molecule has 0 saturated carbocycles. The zero-order valence-electron chi connectivity index (χ0n) is 8.83. The van der Waals surface area contributed by atoms with Gasteiger partial charge < -0.3 is 10.4 Å². The third kappa shape index (κ3) is 2.36. The van der Waals surface area contributed by atoms with Crippen molar-refractivity contribution in [3.05, 3.63) is 35.1 Å². The Morgan fingerprint density at radius 2 is 2.27 bits per heavy atom. The van der Waals surface area contributed by atoms with E-state index in [4.69, 9.17) is 0 Å². The number of aryl methyl sites for hydroxylation is 1. The molecule has 1 aromatic rings. The molecule has 0 aliphatic carbocycles. The lowest BCUT2D eigenvalue weighted by atomic mass is 9.99. The predicted octanol–water partition coefficient (Wildman–Crippen LogP) is 1.92. The largest absolute Gasteiger partial charge is 0.387 e. The van der Waals surface area contributed by atoms with Crippen molar-refractivity contribution in [2.45, 2.75) is 31.9 Å². The van der Waals surface area contributed by atoms with Crippen molar-refractivity contribution in [1.82, 2.24) is 5.32 Å². The molecule has 2 rings (SSSR count). The zero-order valence-corrected chi connectivity index (χ0v) is 8.83. The third-order valence-electron chi connectivity index (χ3n) is 2.89. The summed E-state index contributed by atoms with van der Waals surface area (Å²) in [6, 6.07) is 4.80. The van der Waals surface area contributed by atoms with Crippen LogP contribution >= 0.6 is 0 Å². The summed E-state index contributed by atoms with van der Waals surface area (Å²) in [6.45, 7) is 2.78. The first-order chi connectivity index (χ1) is 7.16. The first-order valence-corrected chi connectivity index (χ1v) is 5.35. The number of rotatable bonds is 2. The predicted molar refractivity (Wildman–Crippen MR) is 57.1 cm³/mol. The molecule has 1 fully saturated rings. The van der Waals surface area contributed by atoms with Gasteiger partial charge in [0.15, 0.2) is 0 Å².